The van der Waals surface area contributed by atoms with Crippen molar-refractivity contribution in [2.45, 2.75) is 6.18 Å². The summed E-state index contributed by atoms with van der Waals surface area (Å²) < 4.78 is 43.4. The first kappa shape index (κ1) is 19.2. The standard InChI is InChI=1S/C20H16F3N3O2/c1-25-19(27)17-16(28-26-18(17)13-5-3-2-4-6-13)11-15(24)12-7-9-14(10-8-12)20(21,22)23/h2-11H,24H2,1H3,(H,25,27)/b15-11+. The third-order valence-corrected chi connectivity index (χ3v) is 4.05. The highest BCUT2D eigenvalue weighted by Crippen LogP contribution is 2.31. The number of amides is 1. The minimum atomic E-state index is -4.43. The molecule has 1 amide bonds. The van der Waals surface area contributed by atoms with Gasteiger partial charge < -0.3 is 15.6 Å². The monoisotopic (exact) mass is 387 g/mol. The summed E-state index contributed by atoms with van der Waals surface area (Å²) in [5.41, 5.74) is 6.92. The Morgan fingerprint density at radius 2 is 1.75 bits per heavy atom. The van der Waals surface area contributed by atoms with Gasteiger partial charge in [-0.2, -0.15) is 13.2 Å². The van der Waals surface area contributed by atoms with Crippen molar-refractivity contribution in [2.75, 3.05) is 7.05 Å². The fraction of sp³-hybridized carbons (Fsp3) is 0.100. The summed E-state index contributed by atoms with van der Waals surface area (Å²) in [7, 11) is 1.47. The minimum absolute atomic E-state index is 0.107. The molecule has 5 nitrogen and oxygen atoms in total. The van der Waals surface area contributed by atoms with Crippen LogP contribution in [0.15, 0.2) is 59.1 Å². The summed E-state index contributed by atoms with van der Waals surface area (Å²) in [6.07, 6.45) is -3.06. The second-order valence-corrected chi connectivity index (χ2v) is 5.89. The van der Waals surface area contributed by atoms with Crippen molar-refractivity contribution in [3.63, 3.8) is 0 Å². The van der Waals surface area contributed by atoms with Crippen molar-refractivity contribution >= 4 is 17.7 Å². The zero-order chi connectivity index (χ0) is 20.3. The van der Waals surface area contributed by atoms with Gasteiger partial charge in [0.15, 0.2) is 5.76 Å². The van der Waals surface area contributed by atoms with Crippen LogP contribution in [0.4, 0.5) is 13.2 Å². The molecule has 3 N–H and O–H groups in total. The third-order valence-electron chi connectivity index (χ3n) is 4.05. The maximum absolute atomic E-state index is 12.7. The van der Waals surface area contributed by atoms with Crippen LogP contribution in [0.2, 0.25) is 0 Å². The van der Waals surface area contributed by atoms with E-state index >= 15 is 0 Å². The van der Waals surface area contributed by atoms with Crippen molar-refractivity contribution in [3.05, 3.63) is 77.0 Å². The Kier molecular flexibility index (Phi) is 5.21. The summed E-state index contributed by atoms with van der Waals surface area (Å²) in [6, 6.07) is 13.3. The molecule has 28 heavy (non-hydrogen) atoms. The molecule has 8 heteroatoms. The highest BCUT2D eigenvalue weighted by molar-refractivity contribution is 6.03. The van der Waals surface area contributed by atoms with E-state index in [0.717, 1.165) is 12.1 Å². The van der Waals surface area contributed by atoms with E-state index in [1.54, 1.807) is 24.3 Å². The predicted octanol–water partition coefficient (Wildman–Crippen LogP) is 4.18. The molecule has 144 valence electrons. The number of nitrogens with one attached hydrogen (secondary N) is 1. The van der Waals surface area contributed by atoms with Gasteiger partial charge in [-0.1, -0.05) is 47.6 Å². The van der Waals surface area contributed by atoms with E-state index in [1.807, 2.05) is 6.07 Å². The fourth-order valence-corrected chi connectivity index (χ4v) is 2.62. The molecule has 0 saturated carbocycles. The van der Waals surface area contributed by atoms with Crippen LogP contribution in [0.25, 0.3) is 23.0 Å². The van der Waals surface area contributed by atoms with Crippen molar-refractivity contribution < 1.29 is 22.5 Å². The molecule has 1 aromatic heterocycles. The zero-order valence-corrected chi connectivity index (χ0v) is 14.7. The van der Waals surface area contributed by atoms with E-state index < -0.39 is 17.6 Å². The van der Waals surface area contributed by atoms with Crippen LogP contribution in [-0.2, 0) is 6.18 Å². The third kappa shape index (κ3) is 3.90. The van der Waals surface area contributed by atoms with Crippen LogP contribution in [-0.4, -0.2) is 18.1 Å². The van der Waals surface area contributed by atoms with Crippen LogP contribution in [0, 0.1) is 0 Å². The van der Waals surface area contributed by atoms with Gasteiger partial charge in [-0.05, 0) is 17.7 Å². The number of hydrogen-bond donors (Lipinski definition) is 2. The summed E-state index contributed by atoms with van der Waals surface area (Å²) in [4.78, 5) is 12.4. The number of carbonyl (C=O) groups is 1. The Morgan fingerprint density at radius 1 is 1.11 bits per heavy atom. The minimum Gasteiger partial charge on any atom is -0.398 e. The van der Waals surface area contributed by atoms with Gasteiger partial charge in [0, 0.05) is 24.4 Å². The molecule has 0 spiro atoms. The molecule has 0 aliphatic carbocycles. The molecule has 0 saturated heterocycles. The molecular weight excluding hydrogens is 371 g/mol. The van der Waals surface area contributed by atoms with E-state index in [9.17, 15) is 18.0 Å². The molecule has 3 rings (SSSR count). The first-order chi connectivity index (χ1) is 13.3. The molecule has 0 atom stereocenters. The summed E-state index contributed by atoms with van der Waals surface area (Å²) in [5.74, 6) is -0.317. The quantitative estimate of drug-likeness (QED) is 0.704. The van der Waals surface area contributed by atoms with Crippen LogP contribution < -0.4 is 11.1 Å². The highest BCUT2D eigenvalue weighted by Gasteiger charge is 2.30. The van der Waals surface area contributed by atoms with Crippen molar-refractivity contribution in [3.8, 4) is 11.3 Å². The second-order valence-electron chi connectivity index (χ2n) is 5.89. The zero-order valence-electron chi connectivity index (χ0n) is 14.7. The number of benzene rings is 2. The SMILES string of the molecule is CNC(=O)c1c(-c2ccccc2)noc1/C=C(/N)c1ccc(C(F)(F)F)cc1. The molecule has 0 unspecified atom stereocenters. The summed E-state index contributed by atoms with van der Waals surface area (Å²) in [5, 5.41) is 6.48. The van der Waals surface area contributed by atoms with Gasteiger partial charge in [-0.25, -0.2) is 0 Å². The first-order valence-corrected chi connectivity index (χ1v) is 8.23. The van der Waals surface area contributed by atoms with Gasteiger partial charge in [0.05, 0.1) is 5.56 Å². The maximum atomic E-state index is 12.7. The van der Waals surface area contributed by atoms with E-state index in [0.29, 0.717) is 16.8 Å². The number of carbonyl (C=O) groups excluding carboxylic acids is 1. The van der Waals surface area contributed by atoms with E-state index in [-0.39, 0.29) is 17.0 Å². The molecule has 0 fully saturated rings. The Morgan fingerprint density at radius 3 is 2.32 bits per heavy atom. The summed E-state index contributed by atoms with van der Waals surface area (Å²) >= 11 is 0. The van der Waals surface area contributed by atoms with Crippen LogP contribution in [0.5, 0.6) is 0 Å². The number of aromatic nitrogens is 1. The molecule has 0 radical (unpaired) electrons. The molecule has 0 aliphatic rings. The molecule has 0 bridgehead atoms. The molecule has 1 heterocycles. The smallest absolute Gasteiger partial charge is 0.398 e. The normalized spacial score (nSPS) is 12.1. The van der Waals surface area contributed by atoms with Gasteiger partial charge in [0.2, 0.25) is 0 Å². The number of halogens is 3. The maximum Gasteiger partial charge on any atom is 0.416 e. The van der Waals surface area contributed by atoms with Gasteiger partial charge in [-0.15, -0.1) is 0 Å². The average molecular weight is 387 g/mol. The Bertz CT molecular complexity index is 1010. The fourth-order valence-electron chi connectivity index (χ4n) is 2.62. The Hall–Kier alpha value is -3.55. The second kappa shape index (κ2) is 7.59. The van der Waals surface area contributed by atoms with E-state index in [4.69, 9.17) is 10.3 Å². The summed E-state index contributed by atoms with van der Waals surface area (Å²) in [6.45, 7) is 0. The van der Waals surface area contributed by atoms with E-state index in [2.05, 4.69) is 10.5 Å². The molecule has 2 aromatic carbocycles. The number of hydrogen-bond acceptors (Lipinski definition) is 4. The molecule has 0 aliphatic heterocycles. The lowest BCUT2D eigenvalue weighted by Crippen LogP contribution is -2.19. The first-order valence-electron chi connectivity index (χ1n) is 8.23. The van der Waals surface area contributed by atoms with Crippen molar-refractivity contribution in [2.24, 2.45) is 5.73 Å². The largest absolute Gasteiger partial charge is 0.416 e. The van der Waals surface area contributed by atoms with Gasteiger partial charge in [0.1, 0.15) is 11.3 Å². The number of rotatable bonds is 4. The van der Waals surface area contributed by atoms with Crippen molar-refractivity contribution in [1.29, 1.82) is 0 Å². The van der Waals surface area contributed by atoms with Gasteiger partial charge in [0.25, 0.3) is 5.91 Å². The number of nitrogens with zero attached hydrogens (tertiary/aromatic N) is 1. The molecular formula is C20H16F3N3O2. The number of nitrogens with two attached hydrogens (primary N) is 1. The molecule has 3 aromatic rings. The van der Waals surface area contributed by atoms with E-state index in [1.165, 1.54) is 25.3 Å². The van der Waals surface area contributed by atoms with Crippen LogP contribution in [0.3, 0.4) is 0 Å². The Labute approximate surface area is 158 Å². The van der Waals surface area contributed by atoms with Gasteiger partial charge >= 0.3 is 6.18 Å². The van der Waals surface area contributed by atoms with Crippen LogP contribution >= 0.6 is 0 Å². The predicted molar refractivity (Wildman–Crippen MR) is 98.8 cm³/mol. The average Bonchev–Trinajstić information content (AvgIpc) is 3.11. The number of alkyl halides is 3. The highest BCUT2D eigenvalue weighted by atomic mass is 19.4. The Balaban J connectivity index is 2.01. The lowest BCUT2D eigenvalue weighted by Gasteiger charge is -2.08. The topological polar surface area (TPSA) is 81.2 Å². The lowest BCUT2D eigenvalue weighted by molar-refractivity contribution is -0.137. The van der Waals surface area contributed by atoms with Gasteiger partial charge in [-0.3, -0.25) is 4.79 Å². The van der Waals surface area contributed by atoms with Crippen LogP contribution in [0.1, 0.15) is 27.2 Å². The lowest BCUT2D eigenvalue weighted by atomic mass is 10.0. The van der Waals surface area contributed by atoms with Crippen molar-refractivity contribution in [1.82, 2.24) is 10.5 Å².